The Morgan fingerprint density at radius 3 is 2.72 bits per heavy atom. The number of halogens is 1. The average Bonchev–Trinajstić information content (AvgIpc) is 3.47. The van der Waals surface area contributed by atoms with Gasteiger partial charge in [0.1, 0.15) is 22.7 Å². The summed E-state index contributed by atoms with van der Waals surface area (Å²) in [5, 5.41) is 14.4. The Bertz CT molecular complexity index is 1520. The standard InChI is InChI=1S/C27H23ClN4O4/c1-32-21-14-30-25-22(23(21)31-27(26(32)35)10-9-15(33)12-27)19(13-29-25)24(34)18-8-7-17(11-20(18)28)36-16-5-3-2-4-6-16/h2-8,11,13-15,31,33H,9-10,12H2,1H3,(H,29,30). The Morgan fingerprint density at radius 1 is 1.19 bits per heavy atom. The lowest BCUT2D eigenvalue weighted by Gasteiger charge is -2.40. The van der Waals surface area contributed by atoms with Crippen LogP contribution in [0.25, 0.3) is 11.0 Å². The third-order valence-corrected chi connectivity index (χ3v) is 7.33. The maximum absolute atomic E-state index is 13.7. The van der Waals surface area contributed by atoms with Crippen molar-refractivity contribution in [3.63, 3.8) is 0 Å². The lowest BCUT2D eigenvalue weighted by atomic mass is 9.91. The van der Waals surface area contributed by atoms with Crippen LogP contribution >= 0.6 is 11.6 Å². The molecule has 1 fully saturated rings. The van der Waals surface area contributed by atoms with E-state index in [1.165, 1.54) is 0 Å². The van der Waals surface area contributed by atoms with Gasteiger partial charge in [0, 0.05) is 31.3 Å². The molecule has 3 N–H and O–H groups in total. The van der Waals surface area contributed by atoms with Crippen LogP contribution in [-0.4, -0.2) is 45.5 Å². The number of aliphatic hydroxyl groups excluding tert-OH is 1. The molecule has 1 aliphatic heterocycles. The van der Waals surface area contributed by atoms with Gasteiger partial charge in [0.05, 0.1) is 39.6 Å². The van der Waals surface area contributed by atoms with Gasteiger partial charge in [-0.05, 0) is 37.1 Å². The molecule has 2 aromatic heterocycles. The van der Waals surface area contributed by atoms with Crippen molar-refractivity contribution in [1.29, 1.82) is 0 Å². The van der Waals surface area contributed by atoms with Crippen molar-refractivity contribution in [2.24, 2.45) is 0 Å². The fraction of sp³-hybridized carbons (Fsp3) is 0.222. The third kappa shape index (κ3) is 3.53. The number of anilines is 2. The van der Waals surface area contributed by atoms with E-state index in [4.69, 9.17) is 16.3 Å². The van der Waals surface area contributed by atoms with Gasteiger partial charge in [0.2, 0.25) is 0 Å². The number of aromatic nitrogens is 2. The summed E-state index contributed by atoms with van der Waals surface area (Å²) >= 11 is 6.54. The van der Waals surface area contributed by atoms with Gasteiger partial charge >= 0.3 is 0 Å². The molecule has 4 aromatic rings. The maximum Gasteiger partial charge on any atom is 0.252 e. The summed E-state index contributed by atoms with van der Waals surface area (Å²) in [6, 6.07) is 14.3. The van der Waals surface area contributed by atoms with Gasteiger partial charge in [-0.15, -0.1) is 0 Å². The topological polar surface area (TPSA) is 108 Å². The number of aliphatic hydroxyl groups is 1. The normalized spacial score (nSPS) is 21.0. The van der Waals surface area contributed by atoms with Crippen molar-refractivity contribution in [3.05, 3.63) is 77.1 Å². The first-order valence-electron chi connectivity index (χ1n) is 11.7. The van der Waals surface area contributed by atoms with Gasteiger partial charge in [-0.25, -0.2) is 4.98 Å². The van der Waals surface area contributed by atoms with E-state index in [9.17, 15) is 14.7 Å². The number of amides is 1. The van der Waals surface area contributed by atoms with Crippen molar-refractivity contribution in [1.82, 2.24) is 9.97 Å². The molecule has 3 heterocycles. The fourth-order valence-electron chi connectivity index (χ4n) is 5.21. The van der Waals surface area contributed by atoms with Gasteiger partial charge in [0.15, 0.2) is 5.78 Å². The minimum Gasteiger partial charge on any atom is -0.457 e. The van der Waals surface area contributed by atoms with Gasteiger partial charge in [0.25, 0.3) is 5.91 Å². The number of pyridine rings is 1. The molecule has 1 amide bonds. The first-order valence-corrected chi connectivity index (χ1v) is 12.1. The molecule has 9 heteroatoms. The summed E-state index contributed by atoms with van der Waals surface area (Å²) in [6.07, 6.45) is 4.00. The Morgan fingerprint density at radius 2 is 2.00 bits per heavy atom. The van der Waals surface area contributed by atoms with Crippen molar-refractivity contribution >= 4 is 45.7 Å². The molecule has 0 radical (unpaired) electrons. The molecule has 2 atom stereocenters. The zero-order valence-corrected chi connectivity index (χ0v) is 20.2. The zero-order valence-electron chi connectivity index (χ0n) is 19.4. The van der Waals surface area contributed by atoms with Crippen LogP contribution in [0.3, 0.4) is 0 Å². The smallest absolute Gasteiger partial charge is 0.252 e. The number of aromatic amines is 1. The van der Waals surface area contributed by atoms with E-state index in [0.717, 1.165) is 0 Å². The number of ether oxygens (including phenoxy) is 1. The molecule has 2 unspecified atom stereocenters. The molecular weight excluding hydrogens is 480 g/mol. The van der Waals surface area contributed by atoms with E-state index in [1.807, 2.05) is 30.3 Å². The minimum absolute atomic E-state index is 0.117. The van der Waals surface area contributed by atoms with Crippen LogP contribution in [0.4, 0.5) is 11.4 Å². The number of carbonyl (C=O) groups excluding carboxylic acids is 2. The molecule has 0 bridgehead atoms. The predicted octanol–water partition coefficient (Wildman–Crippen LogP) is 4.91. The van der Waals surface area contributed by atoms with Crippen molar-refractivity contribution < 1.29 is 19.4 Å². The number of para-hydroxylation sites is 1. The van der Waals surface area contributed by atoms with Crippen LogP contribution < -0.4 is 15.0 Å². The summed E-state index contributed by atoms with van der Waals surface area (Å²) in [4.78, 5) is 36.0. The van der Waals surface area contributed by atoms with Gasteiger partial charge < -0.3 is 25.0 Å². The van der Waals surface area contributed by atoms with E-state index in [0.29, 0.717) is 64.3 Å². The van der Waals surface area contributed by atoms with Crippen LogP contribution in [0.1, 0.15) is 35.2 Å². The predicted molar refractivity (Wildman–Crippen MR) is 137 cm³/mol. The molecular formula is C27H23ClN4O4. The number of H-pyrrole nitrogens is 1. The minimum atomic E-state index is -0.916. The van der Waals surface area contributed by atoms with E-state index < -0.39 is 11.6 Å². The molecule has 36 heavy (non-hydrogen) atoms. The molecule has 182 valence electrons. The van der Waals surface area contributed by atoms with Crippen LogP contribution in [0.5, 0.6) is 11.5 Å². The van der Waals surface area contributed by atoms with Crippen molar-refractivity contribution in [2.45, 2.75) is 30.9 Å². The highest BCUT2D eigenvalue weighted by atomic mass is 35.5. The zero-order chi connectivity index (χ0) is 25.0. The fourth-order valence-corrected chi connectivity index (χ4v) is 5.47. The number of ketones is 1. The number of likely N-dealkylation sites (N-methyl/N-ethyl adjacent to an activating group) is 1. The number of rotatable bonds is 4. The number of fused-ring (bicyclic) bond motifs is 3. The Labute approximate surface area is 211 Å². The Balaban J connectivity index is 1.40. The molecule has 1 saturated carbocycles. The molecule has 2 aromatic carbocycles. The highest BCUT2D eigenvalue weighted by Crippen LogP contribution is 2.46. The quantitative estimate of drug-likeness (QED) is 0.342. The Hall–Kier alpha value is -3.88. The Kier molecular flexibility index (Phi) is 5.24. The van der Waals surface area contributed by atoms with E-state index in [1.54, 1.807) is 42.5 Å². The molecule has 8 nitrogen and oxygen atoms in total. The first kappa shape index (κ1) is 22.6. The number of benzene rings is 2. The molecule has 1 spiro atoms. The van der Waals surface area contributed by atoms with Crippen LogP contribution in [0, 0.1) is 0 Å². The first-order chi connectivity index (χ1) is 17.4. The van der Waals surface area contributed by atoms with Crippen LogP contribution in [0.2, 0.25) is 5.02 Å². The van der Waals surface area contributed by atoms with E-state index in [2.05, 4.69) is 15.3 Å². The van der Waals surface area contributed by atoms with Crippen molar-refractivity contribution in [2.75, 3.05) is 17.3 Å². The summed E-state index contributed by atoms with van der Waals surface area (Å²) in [7, 11) is 1.69. The van der Waals surface area contributed by atoms with E-state index in [-0.39, 0.29) is 16.7 Å². The summed E-state index contributed by atoms with van der Waals surface area (Å²) in [6.45, 7) is 0. The highest BCUT2D eigenvalue weighted by molar-refractivity contribution is 6.36. The van der Waals surface area contributed by atoms with Gasteiger partial charge in [-0.2, -0.15) is 0 Å². The lowest BCUT2D eigenvalue weighted by molar-refractivity contribution is -0.123. The molecule has 6 rings (SSSR count). The summed E-state index contributed by atoms with van der Waals surface area (Å²) < 4.78 is 5.83. The monoisotopic (exact) mass is 502 g/mol. The number of hydrogen-bond acceptors (Lipinski definition) is 6. The number of nitrogens with one attached hydrogen (secondary N) is 2. The average molecular weight is 503 g/mol. The molecule has 0 saturated heterocycles. The second-order valence-corrected chi connectivity index (χ2v) is 9.71. The SMILES string of the molecule is CN1C(=O)C2(CCC(O)C2)Nc2c1cnc1[nH]cc(C(=O)c3ccc(Oc4ccccc4)cc3Cl)c21. The van der Waals surface area contributed by atoms with Gasteiger partial charge in [-0.3, -0.25) is 9.59 Å². The second kappa shape index (κ2) is 8.36. The van der Waals surface area contributed by atoms with Crippen LogP contribution in [-0.2, 0) is 4.79 Å². The molecule has 2 aliphatic rings. The largest absolute Gasteiger partial charge is 0.457 e. The summed E-state index contributed by atoms with van der Waals surface area (Å²) in [5.74, 6) is 0.782. The van der Waals surface area contributed by atoms with Crippen LogP contribution in [0.15, 0.2) is 60.9 Å². The highest BCUT2D eigenvalue weighted by Gasteiger charge is 2.50. The third-order valence-electron chi connectivity index (χ3n) is 7.02. The van der Waals surface area contributed by atoms with Crippen molar-refractivity contribution in [3.8, 4) is 11.5 Å². The second-order valence-electron chi connectivity index (χ2n) is 9.30. The number of hydrogen-bond donors (Lipinski definition) is 3. The summed E-state index contributed by atoms with van der Waals surface area (Å²) in [5.41, 5.74) is 1.52. The number of nitrogens with zero attached hydrogens (tertiary/aromatic N) is 2. The number of carbonyl (C=O) groups is 2. The molecule has 1 aliphatic carbocycles. The van der Waals surface area contributed by atoms with Gasteiger partial charge in [-0.1, -0.05) is 29.8 Å². The maximum atomic E-state index is 13.7. The lowest BCUT2D eigenvalue weighted by Crippen LogP contribution is -2.55. The van der Waals surface area contributed by atoms with E-state index >= 15 is 0 Å².